The number of aryl methyl sites for hydroxylation is 1. The molecule has 2 fully saturated rings. The van der Waals surface area contributed by atoms with Crippen molar-refractivity contribution < 1.29 is 9.53 Å². The van der Waals surface area contributed by atoms with Crippen molar-refractivity contribution in [3.05, 3.63) is 47.2 Å². The fourth-order valence-electron chi connectivity index (χ4n) is 4.96. The number of methoxy groups -OCH3 is 1. The number of thiazole rings is 1. The maximum Gasteiger partial charge on any atom is 0.272 e. The number of piperazine rings is 1. The van der Waals surface area contributed by atoms with Crippen LogP contribution in [0.5, 0.6) is 5.75 Å². The van der Waals surface area contributed by atoms with Gasteiger partial charge < -0.3 is 14.5 Å². The zero-order valence-corrected chi connectivity index (χ0v) is 19.0. The van der Waals surface area contributed by atoms with E-state index < -0.39 is 0 Å². The van der Waals surface area contributed by atoms with Crippen LogP contribution in [0.15, 0.2) is 35.8 Å². The molecule has 2 saturated heterocycles. The molecule has 1 atom stereocenters. The summed E-state index contributed by atoms with van der Waals surface area (Å²) in [6, 6.07) is 8.66. The van der Waals surface area contributed by atoms with E-state index in [1.54, 1.807) is 18.4 Å². The minimum atomic E-state index is 0.112. The number of hydrogen-bond acceptors (Lipinski definition) is 6. The van der Waals surface area contributed by atoms with Gasteiger partial charge >= 0.3 is 0 Å². The Labute approximate surface area is 186 Å². The lowest BCUT2D eigenvalue weighted by Gasteiger charge is -2.44. The molecule has 0 unspecified atom stereocenters. The summed E-state index contributed by atoms with van der Waals surface area (Å²) in [7, 11) is 1.73. The summed E-state index contributed by atoms with van der Waals surface area (Å²) < 4.78 is 7.49. The van der Waals surface area contributed by atoms with E-state index in [9.17, 15) is 4.79 Å². The molecule has 0 N–H and O–H groups in total. The van der Waals surface area contributed by atoms with Crippen molar-refractivity contribution in [2.45, 2.75) is 25.8 Å². The Morgan fingerprint density at radius 2 is 1.97 bits per heavy atom. The Balaban J connectivity index is 1.25. The van der Waals surface area contributed by atoms with Gasteiger partial charge in [-0.2, -0.15) is 0 Å². The largest absolute Gasteiger partial charge is 0.495 e. The molecule has 1 amide bonds. The number of amides is 1. The van der Waals surface area contributed by atoms with E-state index in [1.807, 2.05) is 39.9 Å². The molecule has 8 heteroatoms. The first-order chi connectivity index (χ1) is 15.2. The fraction of sp³-hybridized carbons (Fsp3) is 0.478. The Kier molecular flexibility index (Phi) is 5.58. The highest BCUT2D eigenvalue weighted by Crippen LogP contribution is 2.29. The Morgan fingerprint density at radius 1 is 1.16 bits per heavy atom. The maximum absolute atomic E-state index is 13.4. The molecule has 3 aromatic rings. The number of hydrogen-bond donors (Lipinski definition) is 0. The molecular weight excluding hydrogens is 410 g/mol. The van der Waals surface area contributed by atoms with Gasteiger partial charge in [0.2, 0.25) is 0 Å². The molecule has 0 radical (unpaired) electrons. The number of para-hydroxylation sites is 2. The first kappa shape index (κ1) is 20.3. The van der Waals surface area contributed by atoms with Crippen molar-refractivity contribution in [1.29, 1.82) is 0 Å². The molecule has 164 valence electrons. The highest BCUT2D eigenvalue weighted by atomic mass is 32.1. The number of ether oxygens (including phenoxy) is 1. The predicted octanol–water partition coefficient (Wildman–Crippen LogP) is 3.14. The first-order valence-electron chi connectivity index (χ1n) is 11.0. The molecule has 4 heterocycles. The number of benzene rings is 1. The Morgan fingerprint density at radius 3 is 2.77 bits per heavy atom. The highest BCUT2D eigenvalue weighted by molar-refractivity contribution is 7.15. The topological polar surface area (TPSA) is 53.3 Å². The van der Waals surface area contributed by atoms with Crippen LogP contribution in [-0.2, 0) is 0 Å². The van der Waals surface area contributed by atoms with Gasteiger partial charge in [-0.25, -0.2) is 4.98 Å². The number of rotatable bonds is 4. The summed E-state index contributed by atoms with van der Waals surface area (Å²) in [4.78, 5) is 25.8. The van der Waals surface area contributed by atoms with E-state index in [0.29, 0.717) is 6.04 Å². The molecule has 1 aromatic carbocycles. The van der Waals surface area contributed by atoms with E-state index in [1.165, 1.54) is 5.69 Å². The van der Waals surface area contributed by atoms with Crippen LogP contribution >= 0.6 is 11.3 Å². The van der Waals surface area contributed by atoms with Gasteiger partial charge in [0.15, 0.2) is 4.96 Å². The van der Waals surface area contributed by atoms with Crippen molar-refractivity contribution in [3.8, 4) is 5.75 Å². The van der Waals surface area contributed by atoms with Crippen LogP contribution in [0.1, 0.15) is 29.0 Å². The van der Waals surface area contributed by atoms with Crippen molar-refractivity contribution in [2.75, 3.05) is 51.3 Å². The van der Waals surface area contributed by atoms with Crippen LogP contribution in [0.2, 0.25) is 0 Å². The number of piperidine rings is 1. The smallest absolute Gasteiger partial charge is 0.272 e. The molecular formula is C23H29N5O2S. The van der Waals surface area contributed by atoms with Gasteiger partial charge in [0.05, 0.1) is 18.5 Å². The van der Waals surface area contributed by atoms with Crippen LogP contribution in [0.25, 0.3) is 4.96 Å². The van der Waals surface area contributed by atoms with Crippen molar-refractivity contribution >= 4 is 27.9 Å². The minimum absolute atomic E-state index is 0.112. The van der Waals surface area contributed by atoms with Crippen LogP contribution in [0.3, 0.4) is 0 Å². The number of aromatic nitrogens is 2. The summed E-state index contributed by atoms with van der Waals surface area (Å²) in [6.07, 6.45) is 4.15. The van der Waals surface area contributed by atoms with E-state index in [2.05, 4.69) is 26.9 Å². The zero-order chi connectivity index (χ0) is 21.4. The summed E-state index contributed by atoms with van der Waals surface area (Å²) in [5.41, 5.74) is 2.71. The third kappa shape index (κ3) is 3.78. The summed E-state index contributed by atoms with van der Waals surface area (Å²) in [5.74, 6) is 1.04. The molecule has 2 aromatic heterocycles. The number of carbonyl (C=O) groups is 1. The molecule has 0 saturated carbocycles. The molecule has 7 nitrogen and oxygen atoms in total. The van der Waals surface area contributed by atoms with Gasteiger partial charge in [0.1, 0.15) is 11.4 Å². The average Bonchev–Trinajstić information content (AvgIpc) is 3.39. The van der Waals surface area contributed by atoms with Crippen LogP contribution < -0.4 is 9.64 Å². The predicted molar refractivity (Wildman–Crippen MR) is 124 cm³/mol. The minimum Gasteiger partial charge on any atom is -0.495 e. The second kappa shape index (κ2) is 8.51. The van der Waals surface area contributed by atoms with Crippen LogP contribution in [0.4, 0.5) is 5.69 Å². The zero-order valence-electron chi connectivity index (χ0n) is 18.2. The average molecular weight is 440 g/mol. The third-order valence-corrected chi connectivity index (χ3v) is 7.34. The molecule has 0 bridgehead atoms. The third-order valence-electron chi connectivity index (χ3n) is 6.58. The second-order valence-corrected chi connectivity index (χ2v) is 9.22. The van der Waals surface area contributed by atoms with Crippen molar-refractivity contribution in [2.24, 2.45) is 0 Å². The van der Waals surface area contributed by atoms with Crippen LogP contribution in [0, 0.1) is 6.92 Å². The normalized spacial score (nSPS) is 20.4. The molecule has 2 aliphatic rings. The van der Waals surface area contributed by atoms with Crippen molar-refractivity contribution in [3.63, 3.8) is 0 Å². The van der Waals surface area contributed by atoms with Gasteiger partial charge in [-0.3, -0.25) is 14.1 Å². The Bertz CT molecular complexity index is 1070. The molecule has 5 rings (SSSR count). The lowest BCUT2D eigenvalue weighted by Crippen LogP contribution is -2.56. The molecule has 31 heavy (non-hydrogen) atoms. The molecule has 0 aliphatic carbocycles. The molecule has 2 aliphatic heterocycles. The van der Waals surface area contributed by atoms with Gasteiger partial charge in [-0.05, 0) is 31.9 Å². The molecule has 0 spiro atoms. The number of likely N-dealkylation sites (tertiary alicyclic amines) is 1. The quantitative estimate of drug-likeness (QED) is 0.625. The SMILES string of the molecule is COc1ccccc1N1CCN([C@@H]2CCCN(C(=O)c3c(C)nc4sccn34)C2)CC1. The van der Waals surface area contributed by atoms with Gasteiger partial charge in [-0.1, -0.05) is 12.1 Å². The lowest BCUT2D eigenvalue weighted by molar-refractivity contribution is 0.0556. The van der Waals surface area contributed by atoms with E-state index >= 15 is 0 Å². The van der Waals surface area contributed by atoms with Gasteiger partial charge in [0, 0.05) is 56.9 Å². The maximum atomic E-state index is 13.4. The second-order valence-electron chi connectivity index (χ2n) is 8.34. The number of imidazole rings is 1. The number of carbonyl (C=O) groups excluding carboxylic acids is 1. The van der Waals surface area contributed by atoms with Crippen LogP contribution in [-0.4, -0.2) is 77.5 Å². The fourth-order valence-corrected chi connectivity index (χ4v) is 5.72. The first-order valence-corrected chi connectivity index (χ1v) is 11.9. The van der Waals surface area contributed by atoms with Gasteiger partial charge in [-0.15, -0.1) is 11.3 Å². The number of anilines is 1. The monoisotopic (exact) mass is 439 g/mol. The van der Waals surface area contributed by atoms with E-state index in [4.69, 9.17) is 4.74 Å². The Hall–Kier alpha value is -2.58. The summed E-state index contributed by atoms with van der Waals surface area (Å²) in [6.45, 7) is 7.52. The number of nitrogens with zero attached hydrogens (tertiary/aromatic N) is 5. The summed E-state index contributed by atoms with van der Waals surface area (Å²) in [5, 5.41) is 1.98. The summed E-state index contributed by atoms with van der Waals surface area (Å²) >= 11 is 1.57. The lowest BCUT2D eigenvalue weighted by atomic mass is 10.0. The van der Waals surface area contributed by atoms with Crippen molar-refractivity contribution in [1.82, 2.24) is 19.2 Å². The number of fused-ring (bicyclic) bond motifs is 1. The van der Waals surface area contributed by atoms with Gasteiger partial charge in [0.25, 0.3) is 5.91 Å². The van der Waals surface area contributed by atoms with E-state index in [-0.39, 0.29) is 5.91 Å². The standard InChI is InChI=1S/C23H29N5O2S/c1-17-21(28-14-15-31-23(28)24-17)22(29)27-9-5-6-18(16-27)25-10-12-26(13-11-25)19-7-3-4-8-20(19)30-2/h3-4,7-8,14-15,18H,5-6,9-13,16H2,1-2H3/t18-/m1/s1. The highest BCUT2D eigenvalue weighted by Gasteiger charge is 2.32. The van der Waals surface area contributed by atoms with E-state index in [0.717, 1.165) is 74.2 Å².